The number of halogens is 2. The molecule has 0 fully saturated rings. The fourth-order valence-electron chi connectivity index (χ4n) is 2.07. The molecule has 0 saturated heterocycles. The van der Waals surface area contributed by atoms with Crippen LogP contribution in [0.2, 0.25) is 5.02 Å². The number of hydrogen-bond acceptors (Lipinski definition) is 2. The number of nitrogens with one attached hydrogen (secondary N) is 1. The van der Waals surface area contributed by atoms with E-state index in [0.717, 1.165) is 21.3 Å². The summed E-state index contributed by atoms with van der Waals surface area (Å²) in [4.78, 5) is 11.1. The van der Waals surface area contributed by atoms with E-state index in [0.29, 0.717) is 5.02 Å². The molecule has 0 aromatic heterocycles. The average molecular weight is 369 g/mol. The Hall–Kier alpha value is -1.52. The smallest absolute Gasteiger partial charge is 0.335 e. The number of carboxylic acid groups (broad SMARTS) is 1. The van der Waals surface area contributed by atoms with Gasteiger partial charge in [0.25, 0.3) is 0 Å². The summed E-state index contributed by atoms with van der Waals surface area (Å²) in [7, 11) is 0. The second-order valence-corrected chi connectivity index (χ2v) is 6.19. The van der Waals surface area contributed by atoms with Crippen LogP contribution in [0, 0.1) is 6.92 Å². The van der Waals surface area contributed by atoms with Crippen LogP contribution in [-0.4, -0.2) is 11.1 Å². The lowest BCUT2D eigenvalue weighted by atomic mass is 10.1. The minimum atomic E-state index is -0.938. The Kier molecular flexibility index (Phi) is 4.91. The highest BCUT2D eigenvalue weighted by molar-refractivity contribution is 9.10. The summed E-state index contributed by atoms with van der Waals surface area (Å²) in [5.74, 6) is -0.938. The molecule has 0 amide bonds. The molecule has 0 heterocycles. The molecule has 110 valence electrons. The maximum atomic E-state index is 11.1. The van der Waals surface area contributed by atoms with Crippen LogP contribution < -0.4 is 5.32 Å². The highest BCUT2D eigenvalue weighted by atomic mass is 79.9. The van der Waals surface area contributed by atoms with E-state index in [1.807, 2.05) is 32.0 Å². The van der Waals surface area contributed by atoms with E-state index in [1.54, 1.807) is 18.2 Å². The Bertz CT molecular complexity index is 688. The Morgan fingerprint density at radius 3 is 2.62 bits per heavy atom. The molecule has 3 nitrogen and oxygen atoms in total. The van der Waals surface area contributed by atoms with Crippen LogP contribution in [0.25, 0.3) is 0 Å². The SMILES string of the molecule is Cc1ccc(C(=O)O)cc1NC(C)c1ccc(Br)cc1Cl. The van der Waals surface area contributed by atoms with Crippen LogP contribution in [0.4, 0.5) is 5.69 Å². The van der Waals surface area contributed by atoms with Gasteiger partial charge in [-0.1, -0.05) is 39.7 Å². The van der Waals surface area contributed by atoms with Gasteiger partial charge in [0, 0.05) is 15.2 Å². The molecule has 0 saturated carbocycles. The first kappa shape index (κ1) is 15.9. The number of aromatic carboxylic acids is 1. The lowest BCUT2D eigenvalue weighted by Gasteiger charge is -2.19. The van der Waals surface area contributed by atoms with Crippen molar-refractivity contribution in [2.24, 2.45) is 0 Å². The van der Waals surface area contributed by atoms with Crippen LogP contribution in [0.1, 0.15) is 34.5 Å². The third-order valence-electron chi connectivity index (χ3n) is 3.29. The molecule has 5 heteroatoms. The fraction of sp³-hybridized carbons (Fsp3) is 0.188. The first-order valence-electron chi connectivity index (χ1n) is 6.44. The largest absolute Gasteiger partial charge is 0.478 e. The molecule has 0 aliphatic carbocycles. The van der Waals surface area contributed by atoms with Gasteiger partial charge in [0.1, 0.15) is 0 Å². The topological polar surface area (TPSA) is 49.3 Å². The Morgan fingerprint density at radius 2 is 2.00 bits per heavy atom. The standard InChI is InChI=1S/C16H15BrClNO2/c1-9-3-4-11(16(20)21)7-15(9)19-10(2)13-6-5-12(17)8-14(13)18/h3-8,10,19H,1-2H3,(H,20,21). The normalized spacial score (nSPS) is 12.0. The highest BCUT2D eigenvalue weighted by Crippen LogP contribution is 2.29. The third-order valence-corrected chi connectivity index (χ3v) is 4.11. The molecule has 2 aromatic carbocycles. The zero-order valence-electron chi connectivity index (χ0n) is 11.7. The first-order chi connectivity index (χ1) is 9.88. The maximum absolute atomic E-state index is 11.1. The van der Waals surface area contributed by atoms with E-state index < -0.39 is 5.97 Å². The van der Waals surface area contributed by atoms with Crippen LogP contribution in [0.15, 0.2) is 40.9 Å². The maximum Gasteiger partial charge on any atom is 0.335 e. The minimum absolute atomic E-state index is 0.0339. The van der Waals surface area contributed by atoms with Crippen LogP contribution in [0.5, 0.6) is 0 Å². The number of benzene rings is 2. The molecule has 0 spiro atoms. The molecule has 1 unspecified atom stereocenters. The molecule has 1 atom stereocenters. The van der Waals surface area contributed by atoms with Crippen LogP contribution in [-0.2, 0) is 0 Å². The average Bonchev–Trinajstić information content (AvgIpc) is 2.40. The van der Waals surface area contributed by atoms with Gasteiger partial charge in [-0.15, -0.1) is 0 Å². The molecular weight excluding hydrogens is 354 g/mol. The van der Waals surface area contributed by atoms with Gasteiger partial charge < -0.3 is 10.4 Å². The predicted molar refractivity (Wildman–Crippen MR) is 89.3 cm³/mol. The number of hydrogen-bond donors (Lipinski definition) is 2. The van der Waals surface area contributed by atoms with E-state index >= 15 is 0 Å². The van der Waals surface area contributed by atoms with Gasteiger partial charge >= 0.3 is 5.97 Å². The van der Waals surface area contributed by atoms with Gasteiger partial charge in [0.05, 0.1) is 11.6 Å². The van der Waals surface area contributed by atoms with Crippen molar-refractivity contribution >= 4 is 39.2 Å². The molecule has 2 aromatic rings. The predicted octanol–water partition coefficient (Wildman–Crippen LogP) is 5.28. The molecule has 0 bridgehead atoms. The Labute approximate surface area is 137 Å². The molecule has 0 aliphatic rings. The summed E-state index contributed by atoms with van der Waals surface area (Å²) in [5.41, 5.74) is 3.00. The number of carboxylic acids is 1. The van der Waals surface area contributed by atoms with Crippen molar-refractivity contribution in [2.75, 3.05) is 5.32 Å². The monoisotopic (exact) mass is 367 g/mol. The van der Waals surface area contributed by atoms with Gasteiger partial charge in [0.2, 0.25) is 0 Å². The summed E-state index contributed by atoms with van der Waals surface area (Å²) in [5, 5.41) is 13.1. The van der Waals surface area contributed by atoms with Crippen molar-refractivity contribution in [1.29, 1.82) is 0 Å². The van der Waals surface area contributed by atoms with Gasteiger partial charge in [-0.2, -0.15) is 0 Å². The third kappa shape index (κ3) is 3.77. The minimum Gasteiger partial charge on any atom is -0.478 e. The fourth-order valence-corrected chi connectivity index (χ4v) is 2.91. The van der Waals surface area contributed by atoms with Crippen LogP contribution >= 0.6 is 27.5 Å². The summed E-state index contributed by atoms with van der Waals surface area (Å²) in [6, 6.07) is 10.7. The Morgan fingerprint density at radius 1 is 1.29 bits per heavy atom. The van der Waals surface area contributed by atoms with Crippen molar-refractivity contribution in [1.82, 2.24) is 0 Å². The number of anilines is 1. The molecular formula is C16H15BrClNO2. The van der Waals surface area contributed by atoms with Gasteiger partial charge in [0.15, 0.2) is 0 Å². The zero-order valence-corrected chi connectivity index (χ0v) is 14.0. The second-order valence-electron chi connectivity index (χ2n) is 4.87. The van der Waals surface area contributed by atoms with Gasteiger partial charge in [-0.05, 0) is 49.2 Å². The zero-order chi connectivity index (χ0) is 15.6. The van der Waals surface area contributed by atoms with Crippen LogP contribution in [0.3, 0.4) is 0 Å². The molecule has 2 rings (SSSR count). The molecule has 2 N–H and O–H groups in total. The first-order valence-corrected chi connectivity index (χ1v) is 7.61. The highest BCUT2D eigenvalue weighted by Gasteiger charge is 2.12. The van der Waals surface area contributed by atoms with E-state index in [9.17, 15) is 4.79 Å². The molecule has 0 aliphatic heterocycles. The summed E-state index contributed by atoms with van der Waals surface area (Å²) in [6.07, 6.45) is 0. The van der Waals surface area contributed by atoms with Crippen molar-refractivity contribution in [2.45, 2.75) is 19.9 Å². The summed E-state index contributed by atoms with van der Waals surface area (Å²) >= 11 is 9.63. The number of rotatable bonds is 4. The molecule has 0 radical (unpaired) electrons. The quantitative estimate of drug-likeness (QED) is 0.771. The number of carbonyl (C=O) groups is 1. The van der Waals surface area contributed by atoms with Gasteiger partial charge in [-0.3, -0.25) is 0 Å². The van der Waals surface area contributed by atoms with E-state index in [2.05, 4.69) is 21.2 Å². The van der Waals surface area contributed by atoms with E-state index in [1.165, 1.54) is 0 Å². The second kappa shape index (κ2) is 6.50. The van der Waals surface area contributed by atoms with E-state index in [4.69, 9.17) is 16.7 Å². The van der Waals surface area contributed by atoms with Crippen molar-refractivity contribution in [3.63, 3.8) is 0 Å². The molecule has 21 heavy (non-hydrogen) atoms. The lowest BCUT2D eigenvalue weighted by molar-refractivity contribution is 0.0697. The number of aryl methyl sites for hydroxylation is 1. The summed E-state index contributed by atoms with van der Waals surface area (Å²) < 4.78 is 0.924. The van der Waals surface area contributed by atoms with Crippen molar-refractivity contribution in [3.05, 3.63) is 62.6 Å². The van der Waals surface area contributed by atoms with Gasteiger partial charge in [-0.25, -0.2) is 4.79 Å². The lowest BCUT2D eigenvalue weighted by Crippen LogP contribution is -2.09. The summed E-state index contributed by atoms with van der Waals surface area (Å²) in [6.45, 7) is 3.92. The van der Waals surface area contributed by atoms with Crippen molar-refractivity contribution < 1.29 is 9.90 Å². The Balaban J connectivity index is 2.28. The van der Waals surface area contributed by atoms with Crippen molar-refractivity contribution in [3.8, 4) is 0 Å². The van der Waals surface area contributed by atoms with E-state index in [-0.39, 0.29) is 11.6 Å².